The summed E-state index contributed by atoms with van der Waals surface area (Å²) in [6.45, 7) is 4.17. The summed E-state index contributed by atoms with van der Waals surface area (Å²) < 4.78 is 25.0. The second-order valence-corrected chi connectivity index (χ2v) is 7.16. The van der Waals surface area contributed by atoms with E-state index in [4.69, 9.17) is 9.47 Å². The smallest absolute Gasteiger partial charge is 0.255 e. The predicted octanol–water partition coefficient (Wildman–Crippen LogP) is 3.35. The zero-order valence-corrected chi connectivity index (χ0v) is 15.9. The molecule has 0 aliphatic carbocycles. The van der Waals surface area contributed by atoms with E-state index in [1.165, 1.54) is 6.07 Å². The van der Waals surface area contributed by atoms with Gasteiger partial charge in [0.2, 0.25) is 0 Å². The van der Waals surface area contributed by atoms with Gasteiger partial charge in [0.1, 0.15) is 6.10 Å². The topological polar surface area (TPSA) is 42.0 Å². The van der Waals surface area contributed by atoms with Gasteiger partial charge in [-0.1, -0.05) is 24.3 Å². The number of hydrogen-bond donors (Lipinski definition) is 0. The first-order chi connectivity index (χ1) is 13.7. The van der Waals surface area contributed by atoms with Gasteiger partial charge < -0.3 is 19.3 Å². The number of morpholine rings is 1. The Morgan fingerprint density at radius 3 is 2.39 bits per heavy atom. The number of carbonyl (C=O) groups is 1. The lowest BCUT2D eigenvalue weighted by atomic mass is 10.0. The van der Waals surface area contributed by atoms with Gasteiger partial charge in [0, 0.05) is 44.7 Å². The maximum absolute atomic E-state index is 13.8. The van der Waals surface area contributed by atoms with E-state index in [9.17, 15) is 9.18 Å². The highest BCUT2D eigenvalue weighted by molar-refractivity contribution is 5.99. The minimum absolute atomic E-state index is 0.0476. The van der Waals surface area contributed by atoms with Crippen molar-refractivity contribution in [3.8, 4) is 5.75 Å². The van der Waals surface area contributed by atoms with Gasteiger partial charge in [-0.15, -0.1) is 0 Å². The van der Waals surface area contributed by atoms with Crippen LogP contribution in [0.3, 0.4) is 0 Å². The molecule has 0 aromatic heterocycles. The Balaban J connectivity index is 1.40. The molecule has 0 N–H and O–H groups in total. The SMILES string of the molecule is O=C(c1ccccc1N1CCOCC1)N1CCC(Oc2ccccc2F)CC1. The molecule has 0 spiro atoms. The van der Waals surface area contributed by atoms with Crippen LogP contribution < -0.4 is 9.64 Å². The Bertz CT molecular complexity index is 815. The predicted molar refractivity (Wildman–Crippen MR) is 105 cm³/mol. The highest BCUT2D eigenvalue weighted by atomic mass is 19.1. The molecular weight excluding hydrogens is 359 g/mol. The van der Waals surface area contributed by atoms with Crippen molar-refractivity contribution >= 4 is 11.6 Å². The summed E-state index contributed by atoms with van der Waals surface area (Å²) in [6, 6.07) is 14.2. The minimum Gasteiger partial charge on any atom is -0.487 e. The number of hydrogen-bond acceptors (Lipinski definition) is 4. The molecule has 2 aromatic carbocycles. The highest BCUT2D eigenvalue weighted by Crippen LogP contribution is 2.26. The molecule has 28 heavy (non-hydrogen) atoms. The lowest BCUT2D eigenvalue weighted by Crippen LogP contribution is -2.43. The van der Waals surface area contributed by atoms with Gasteiger partial charge in [0.15, 0.2) is 11.6 Å². The van der Waals surface area contributed by atoms with Crippen LogP contribution >= 0.6 is 0 Å². The maximum atomic E-state index is 13.8. The largest absolute Gasteiger partial charge is 0.487 e. The van der Waals surface area contributed by atoms with Gasteiger partial charge >= 0.3 is 0 Å². The fraction of sp³-hybridized carbons (Fsp3) is 0.409. The number of halogens is 1. The third-order valence-electron chi connectivity index (χ3n) is 5.35. The number of rotatable bonds is 4. The van der Waals surface area contributed by atoms with Gasteiger partial charge in [-0.2, -0.15) is 0 Å². The van der Waals surface area contributed by atoms with Gasteiger partial charge in [0.05, 0.1) is 18.8 Å². The zero-order chi connectivity index (χ0) is 19.3. The third-order valence-corrected chi connectivity index (χ3v) is 5.35. The second-order valence-electron chi connectivity index (χ2n) is 7.16. The van der Waals surface area contributed by atoms with E-state index >= 15 is 0 Å². The molecule has 5 nitrogen and oxygen atoms in total. The summed E-state index contributed by atoms with van der Waals surface area (Å²) in [6.07, 6.45) is 1.31. The molecule has 0 saturated carbocycles. The molecule has 0 bridgehead atoms. The summed E-state index contributed by atoms with van der Waals surface area (Å²) >= 11 is 0. The van der Waals surface area contributed by atoms with E-state index < -0.39 is 0 Å². The normalized spacial score (nSPS) is 18.2. The molecule has 6 heteroatoms. The molecule has 4 rings (SSSR count). The van der Waals surface area contributed by atoms with Crippen molar-refractivity contribution in [1.82, 2.24) is 4.90 Å². The molecule has 148 valence electrons. The van der Waals surface area contributed by atoms with Crippen LogP contribution in [0.25, 0.3) is 0 Å². The van der Waals surface area contributed by atoms with Crippen molar-refractivity contribution in [2.75, 3.05) is 44.3 Å². The Kier molecular flexibility index (Phi) is 5.76. The Labute approximate surface area is 164 Å². The number of para-hydroxylation sites is 2. The summed E-state index contributed by atoms with van der Waals surface area (Å²) in [5.41, 5.74) is 1.71. The Morgan fingerprint density at radius 1 is 0.964 bits per heavy atom. The first-order valence-corrected chi connectivity index (χ1v) is 9.84. The van der Waals surface area contributed by atoms with Gasteiger partial charge in [-0.25, -0.2) is 4.39 Å². The van der Waals surface area contributed by atoms with Crippen LogP contribution in [0.5, 0.6) is 5.75 Å². The average Bonchev–Trinajstić information content (AvgIpc) is 2.76. The molecule has 0 radical (unpaired) electrons. The molecule has 2 aromatic rings. The maximum Gasteiger partial charge on any atom is 0.255 e. The summed E-state index contributed by atoms with van der Waals surface area (Å²) in [7, 11) is 0. The van der Waals surface area contributed by atoms with Crippen LogP contribution in [0, 0.1) is 5.82 Å². The van der Waals surface area contributed by atoms with Gasteiger partial charge in [-0.05, 0) is 24.3 Å². The molecule has 0 atom stereocenters. The molecule has 2 saturated heterocycles. The quantitative estimate of drug-likeness (QED) is 0.811. The molecule has 2 heterocycles. The molecule has 2 aliphatic rings. The second kappa shape index (κ2) is 8.61. The number of carbonyl (C=O) groups excluding carboxylic acids is 1. The number of nitrogens with zero attached hydrogens (tertiary/aromatic N) is 2. The van der Waals surface area contributed by atoms with Crippen molar-refractivity contribution in [2.45, 2.75) is 18.9 Å². The zero-order valence-electron chi connectivity index (χ0n) is 15.9. The van der Waals surface area contributed by atoms with Crippen LogP contribution in [-0.4, -0.2) is 56.3 Å². The van der Waals surface area contributed by atoms with Gasteiger partial charge in [0.25, 0.3) is 5.91 Å². The first kappa shape index (κ1) is 18.7. The first-order valence-electron chi connectivity index (χ1n) is 9.84. The number of ether oxygens (including phenoxy) is 2. The number of anilines is 1. The third kappa shape index (κ3) is 4.12. The van der Waals surface area contributed by atoms with Crippen LogP contribution in [0.4, 0.5) is 10.1 Å². The molecule has 2 fully saturated rings. The van der Waals surface area contributed by atoms with E-state index in [0.29, 0.717) is 39.1 Å². The number of benzene rings is 2. The fourth-order valence-electron chi connectivity index (χ4n) is 3.80. The van der Waals surface area contributed by atoms with Crippen molar-refractivity contribution < 1.29 is 18.7 Å². The van der Waals surface area contributed by atoms with Crippen molar-refractivity contribution in [2.24, 2.45) is 0 Å². The van der Waals surface area contributed by atoms with Crippen LogP contribution in [0.1, 0.15) is 23.2 Å². The van der Waals surface area contributed by atoms with E-state index in [2.05, 4.69) is 4.90 Å². The lowest BCUT2D eigenvalue weighted by Gasteiger charge is -2.34. The standard InChI is InChI=1S/C22H25FN2O3/c23-19-6-2-4-8-21(19)28-17-9-11-25(12-10-17)22(26)18-5-1-3-7-20(18)24-13-15-27-16-14-24/h1-8,17H,9-16H2. The molecule has 0 unspecified atom stereocenters. The Morgan fingerprint density at radius 2 is 1.64 bits per heavy atom. The average molecular weight is 384 g/mol. The number of likely N-dealkylation sites (tertiary alicyclic amines) is 1. The summed E-state index contributed by atoms with van der Waals surface area (Å²) in [4.78, 5) is 17.2. The van der Waals surface area contributed by atoms with E-state index in [0.717, 1.165) is 24.3 Å². The van der Waals surface area contributed by atoms with Crippen LogP contribution in [0.2, 0.25) is 0 Å². The summed E-state index contributed by atoms with van der Waals surface area (Å²) in [5.74, 6) is -0.0168. The monoisotopic (exact) mass is 384 g/mol. The van der Waals surface area contributed by atoms with Crippen molar-refractivity contribution in [3.63, 3.8) is 0 Å². The van der Waals surface area contributed by atoms with Crippen LogP contribution in [0.15, 0.2) is 48.5 Å². The highest BCUT2D eigenvalue weighted by Gasteiger charge is 2.27. The molecule has 1 amide bonds. The van der Waals surface area contributed by atoms with E-state index in [1.807, 2.05) is 29.2 Å². The van der Waals surface area contributed by atoms with Crippen LogP contribution in [-0.2, 0) is 4.74 Å². The van der Waals surface area contributed by atoms with E-state index in [1.54, 1.807) is 18.2 Å². The molecular formula is C22H25FN2O3. The van der Waals surface area contributed by atoms with Crippen molar-refractivity contribution in [1.29, 1.82) is 0 Å². The lowest BCUT2D eigenvalue weighted by molar-refractivity contribution is 0.0588. The van der Waals surface area contributed by atoms with Gasteiger partial charge in [-0.3, -0.25) is 4.79 Å². The summed E-state index contributed by atoms with van der Waals surface area (Å²) in [5, 5.41) is 0. The van der Waals surface area contributed by atoms with Crippen molar-refractivity contribution in [3.05, 3.63) is 59.9 Å². The minimum atomic E-state index is -0.347. The number of amides is 1. The fourth-order valence-corrected chi connectivity index (χ4v) is 3.80. The van der Waals surface area contributed by atoms with E-state index in [-0.39, 0.29) is 23.6 Å². The Hall–Kier alpha value is -2.60. The molecule has 2 aliphatic heterocycles. The number of piperidine rings is 1.